The highest BCUT2D eigenvalue weighted by Gasteiger charge is 2.20. The monoisotopic (exact) mass is 461 g/mol. The lowest BCUT2D eigenvalue weighted by molar-refractivity contribution is -0.120. The Kier molecular flexibility index (Phi) is 6.89. The average molecular weight is 462 g/mol. The van der Waals surface area contributed by atoms with Crippen molar-refractivity contribution in [3.63, 3.8) is 0 Å². The number of halogens is 1. The van der Waals surface area contributed by atoms with Crippen LogP contribution in [0.4, 0.5) is 0 Å². The van der Waals surface area contributed by atoms with E-state index in [1.807, 2.05) is 0 Å². The van der Waals surface area contributed by atoms with Gasteiger partial charge in [-0.15, -0.1) is 0 Å². The van der Waals surface area contributed by atoms with Crippen LogP contribution < -0.4 is 25.6 Å². The first kappa shape index (κ1) is 23.0. The van der Waals surface area contributed by atoms with Gasteiger partial charge in [0.1, 0.15) is 12.2 Å². The summed E-state index contributed by atoms with van der Waals surface area (Å²) in [6, 6.07) is 7.28. The molecule has 0 unspecified atom stereocenters. The highest BCUT2D eigenvalue weighted by molar-refractivity contribution is 6.32. The summed E-state index contributed by atoms with van der Waals surface area (Å²) >= 11 is 6.19. The van der Waals surface area contributed by atoms with Crippen LogP contribution in [0.25, 0.3) is 11.0 Å². The van der Waals surface area contributed by atoms with Crippen LogP contribution in [0.5, 0.6) is 17.2 Å². The van der Waals surface area contributed by atoms with E-state index in [1.54, 1.807) is 19.1 Å². The summed E-state index contributed by atoms with van der Waals surface area (Å²) in [5.74, 6) is -0.992. The molecule has 1 aromatic heterocycles. The molecule has 0 aliphatic carbocycles. The van der Waals surface area contributed by atoms with Crippen LogP contribution in [0.1, 0.15) is 21.5 Å². The maximum absolute atomic E-state index is 12.7. The van der Waals surface area contributed by atoms with Crippen LogP contribution in [-0.2, 0) is 16.1 Å². The molecule has 3 rings (SSSR count). The predicted octanol–water partition coefficient (Wildman–Crippen LogP) is 2.99. The number of rotatable bonds is 8. The minimum absolute atomic E-state index is 0.103. The standard InChI is InChI=1S/C22H20ClNO8/c1-11-4-16-14(8-15(11)23)13(7-20(26)32-16)9-31-22(27)12-5-17(28-2)21(18(6-12)29-3)30-10-19(24)25/h4-8H,9-10H2,1-3H3,(H2,24,25). The molecule has 2 aromatic carbocycles. The number of ether oxygens (including phenoxy) is 4. The van der Waals surface area contributed by atoms with Crippen LogP contribution in [0.2, 0.25) is 5.02 Å². The van der Waals surface area contributed by atoms with Gasteiger partial charge >= 0.3 is 11.6 Å². The van der Waals surface area contributed by atoms with Crippen molar-refractivity contribution in [3.8, 4) is 17.2 Å². The molecule has 0 radical (unpaired) electrons. The van der Waals surface area contributed by atoms with Crippen LogP contribution in [0, 0.1) is 6.92 Å². The molecule has 2 N–H and O–H groups in total. The van der Waals surface area contributed by atoms with Crippen molar-refractivity contribution in [3.05, 3.63) is 62.5 Å². The Morgan fingerprint density at radius 1 is 1.06 bits per heavy atom. The molecule has 1 heterocycles. The van der Waals surface area contributed by atoms with Crippen molar-refractivity contribution >= 4 is 34.4 Å². The van der Waals surface area contributed by atoms with E-state index in [0.717, 1.165) is 5.56 Å². The Hall–Kier alpha value is -3.72. The Balaban J connectivity index is 1.89. The second-order valence-corrected chi connectivity index (χ2v) is 7.14. The number of hydrogen-bond donors (Lipinski definition) is 1. The topological polar surface area (TPSA) is 127 Å². The number of amides is 1. The van der Waals surface area contributed by atoms with Crippen molar-refractivity contribution in [2.45, 2.75) is 13.5 Å². The van der Waals surface area contributed by atoms with Crippen molar-refractivity contribution in [1.82, 2.24) is 0 Å². The number of benzene rings is 2. The molecule has 168 valence electrons. The quantitative estimate of drug-likeness (QED) is 0.400. The second-order valence-electron chi connectivity index (χ2n) is 6.73. The van der Waals surface area contributed by atoms with Crippen LogP contribution in [0.3, 0.4) is 0 Å². The zero-order chi connectivity index (χ0) is 23.4. The maximum atomic E-state index is 12.7. The Bertz CT molecular complexity index is 1230. The van der Waals surface area contributed by atoms with Gasteiger partial charge in [0.15, 0.2) is 18.1 Å². The second kappa shape index (κ2) is 9.61. The van der Waals surface area contributed by atoms with E-state index in [0.29, 0.717) is 21.6 Å². The summed E-state index contributed by atoms with van der Waals surface area (Å²) in [7, 11) is 2.73. The average Bonchev–Trinajstić information content (AvgIpc) is 2.76. The van der Waals surface area contributed by atoms with E-state index >= 15 is 0 Å². The van der Waals surface area contributed by atoms with Gasteiger partial charge in [-0.25, -0.2) is 9.59 Å². The molecule has 0 aliphatic heterocycles. The van der Waals surface area contributed by atoms with Crippen molar-refractivity contribution in [2.75, 3.05) is 20.8 Å². The number of nitrogens with two attached hydrogens (primary N) is 1. The van der Waals surface area contributed by atoms with E-state index < -0.39 is 24.1 Å². The zero-order valence-corrected chi connectivity index (χ0v) is 18.3. The number of fused-ring (bicyclic) bond motifs is 1. The lowest BCUT2D eigenvalue weighted by Gasteiger charge is -2.15. The molecule has 0 saturated heterocycles. The van der Waals surface area contributed by atoms with Crippen LogP contribution >= 0.6 is 11.6 Å². The first-order chi connectivity index (χ1) is 15.2. The van der Waals surface area contributed by atoms with Crippen molar-refractivity contribution in [1.29, 1.82) is 0 Å². The fraction of sp³-hybridized carbons (Fsp3) is 0.227. The predicted molar refractivity (Wildman–Crippen MR) is 116 cm³/mol. The SMILES string of the molecule is COc1cc(C(=O)OCc2cc(=O)oc3cc(C)c(Cl)cc23)cc(OC)c1OCC(N)=O. The molecule has 0 saturated carbocycles. The van der Waals surface area contributed by atoms with Crippen LogP contribution in [0.15, 0.2) is 39.5 Å². The summed E-state index contributed by atoms with van der Waals surface area (Å²) in [5.41, 5.74) is 6.15. The molecule has 1 amide bonds. The van der Waals surface area contributed by atoms with E-state index in [1.165, 1.54) is 32.4 Å². The Labute approximate surface area is 187 Å². The van der Waals surface area contributed by atoms with E-state index in [-0.39, 0.29) is 29.4 Å². The largest absolute Gasteiger partial charge is 0.493 e. The first-order valence-electron chi connectivity index (χ1n) is 9.30. The van der Waals surface area contributed by atoms with Gasteiger partial charge in [0.05, 0.1) is 19.8 Å². The molecule has 10 heteroatoms. The third-order valence-corrected chi connectivity index (χ3v) is 4.93. The van der Waals surface area contributed by atoms with Gasteiger partial charge < -0.3 is 29.1 Å². The van der Waals surface area contributed by atoms with E-state index in [4.69, 9.17) is 40.7 Å². The third kappa shape index (κ3) is 4.94. The molecular weight excluding hydrogens is 442 g/mol. The van der Waals surface area contributed by atoms with Gasteiger partial charge in [-0.3, -0.25) is 4.79 Å². The molecule has 0 bridgehead atoms. The first-order valence-corrected chi connectivity index (χ1v) is 9.68. The van der Waals surface area contributed by atoms with Crippen molar-refractivity contribution < 1.29 is 33.0 Å². The number of carbonyl (C=O) groups is 2. The van der Waals surface area contributed by atoms with Crippen molar-refractivity contribution in [2.24, 2.45) is 5.73 Å². The van der Waals surface area contributed by atoms with Gasteiger partial charge in [-0.2, -0.15) is 0 Å². The number of primary amides is 1. The fourth-order valence-electron chi connectivity index (χ4n) is 2.98. The molecule has 32 heavy (non-hydrogen) atoms. The highest BCUT2D eigenvalue weighted by Crippen LogP contribution is 2.39. The zero-order valence-electron chi connectivity index (χ0n) is 17.5. The van der Waals surface area contributed by atoms with Gasteiger partial charge in [-0.05, 0) is 36.8 Å². The van der Waals surface area contributed by atoms with E-state index in [2.05, 4.69) is 0 Å². The normalized spacial score (nSPS) is 10.6. The third-order valence-electron chi connectivity index (χ3n) is 4.52. The molecule has 0 atom stereocenters. The lowest BCUT2D eigenvalue weighted by Crippen LogP contribution is -2.20. The smallest absolute Gasteiger partial charge is 0.338 e. The van der Waals surface area contributed by atoms with Gasteiger partial charge in [0.25, 0.3) is 5.91 Å². The van der Waals surface area contributed by atoms with Crippen LogP contribution in [-0.4, -0.2) is 32.7 Å². The minimum Gasteiger partial charge on any atom is -0.493 e. The Morgan fingerprint density at radius 2 is 1.72 bits per heavy atom. The fourth-order valence-corrected chi connectivity index (χ4v) is 3.14. The molecule has 3 aromatic rings. The Morgan fingerprint density at radius 3 is 2.31 bits per heavy atom. The summed E-state index contributed by atoms with van der Waals surface area (Å²) in [4.78, 5) is 35.6. The molecular formula is C22H20ClNO8. The highest BCUT2D eigenvalue weighted by atomic mass is 35.5. The minimum atomic E-state index is -0.706. The maximum Gasteiger partial charge on any atom is 0.338 e. The lowest BCUT2D eigenvalue weighted by atomic mass is 10.1. The van der Waals surface area contributed by atoms with Gasteiger partial charge in [0.2, 0.25) is 5.75 Å². The summed E-state index contributed by atoms with van der Waals surface area (Å²) in [6.07, 6.45) is 0. The number of carbonyl (C=O) groups excluding carboxylic acids is 2. The number of methoxy groups -OCH3 is 2. The molecule has 0 aliphatic rings. The molecule has 9 nitrogen and oxygen atoms in total. The van der Waals surface area contributed by atoms with Gasteiger partial charge in [0, 0.05) is 22.0 Å². The van der Waals surface area contributed by atoms with Gasteiger partial charge in [-0.1, -0.05) is 11.6 Å². The van der Waals surface area contributed by atoms with E-state index in [9.17, 15) is 14.4 Å². The summed E-state index contributed by atoms with van der Waals surface area (Å²) < 4.78 is 26.4. The number of aryl methyl sites for hydroxylation is 1. The molecule has 0 fully saturated rings. The number of hydrogen-bond acceptors (Lipinski definition) is 8. The molecule has 0 spiro atoms. The summed E-state index contributed by atoms with van der Waals surface area (Å²) in [6.45, 7) is 1.18. The summed E-state index contributed by atoms with van der Waals surface area (Å²) in [5, 5.41) is 1.04. The number of esters is 1.